The average Bonchev–Trinajstić information content (AvgIpc) is 3.02. The second kappa shape index (κ2) is 6.30. The second-order valence-electron chi connectivity index (χ2n) is 4.72. The predicted octanol–water partition coefficient (Wildman–Crippen LogP) is 2.88. The molecule has 1 aromatic heterocycles. The van der Waals surface area contributed by atoms with Crippen molar-refractivity contribution in [3.8, 4) is 11.5 Å². The van der Waals surface area contributed by atoms with E-state index < -0.39 is 0 Å². The van der Waals surface area contributed by atoms with E-state index in [0.29, 0.717) is 18.1 Å². The Kier molecular flexibility index (Phi) is 4.05. The largest absolute Gasteiger partial charge is 0.454 e. The molecule has 0 N–H and O–H groups in total. The Balaban J connectivity index is 1.75. The van der Waals surface area contributed by atoms with Crippen LogP contribution in [-0.2, 0) is 4.79 Å². The SMILES string of the molecule is CCN(C(=O)/C=C/c1ccc2c(c1)OCO2)c1ccccn1. The monoisotopic (exact) mass is 296 g/mol. The molecular weight excluding hydrogens is 280 g/mol. The van der Waals surface area contributed by atoms with E-state index >= 15 is 0 Å². The van der Waals surface area contributed by atoms with Crippen LogP contribution in [0.2, 0.25) is 0 Å². The lowest BCUT2D eigenvalue weighted by Gasteiger charge is -2.17. The van der Waals surface area contributed by atoms with Crippen LogP contribution in [0.15, 0.2) is 48.7 Å². The van der Waals surface area contributed by atoms with Gasteiger partial charge in [-0.2, -0.15) is 0 Å². The summed E-state index contributed by atoms with van der Waals surface area (Å²) in [6, 6.07) is 11.1. The van der Waals surface area contributed by atoms with Gasteiger partial charge in [-0.05, 0) is 42.8 Å². The van der Waals surface area contributed by atoms with E-state index in [9.17, 15) is 4.79 Å². The molecule has 0 bridgehead atoms. The third kappa shape index (κ3) is 2.93. The summed E-state index contributed by atoms with van der Waals surface area (Å²) in [4.78, 5) is 18.1. The fraction of sp³-hybridized carbons (Fsp3) is 0.176. The van der Waals surface area contributed by atoms with Crippen molar-refractivity contribution in [2.24, 2.45) is 0 Å². The molecule has 0 fully saturated rings. The quantitative estimate of drug-likeness (QED) is 0.814. The Bertz CT molecular complexity index is 698. The van der Waals surface area contributed by atoms with Crippen LogP contribution in [0.5, 0.6) is 11.5 Å². The number of anilines is 1. The van der Waals surface area contributed by atoms with Crippen LogP contribution in [0.4, 0.5) is 5.82 Å². The molecule has 5 nitrogen and oxygen atoms in total. The minimum atomic E-state index is -0.112. The van der Waals surface area contributed by atoms with E-state index in [1.54, 1.807) is 17.2 Å². The van der Waals surface area contributed by atoms with E-state index in [1.807, 2.05) is 43.3 Å². The first-order chi connectivity index (χ1) is 10.8. The van der Waals surface area contributed by atoms with Gasteiger partial charge >= 0.3 is 0 Å². The van der Waals surface area contributed by atoms with Crippen molar-refractivity contribution in [3.63, 3.8) is 0 Å². The molecule has 0 aliphatic carbocycles. The molecule has 0 radical (unpaired) electrons. The summed E-state index contributed by atoms with van der Waals surface area (Å²) >= 11 is 0. The average molecular weight is 296 g/mol. The number of pyridine rings is 1. The Morgan fingerprint density at radius 2 is 2.14 bits per heavy atom. The zero-order chi connectivity index (χ0) is 15.4. The molecule has 2 aromatic rings. The number of amides is 1. The molecule has 0 spiro atoms. The van der Waals surface area contributed by atoms with E-state index in [4.69, 9.17) is 9.47 Å². The number of aromatic nitrogens is 1. The number of nitrogens with zero attached hydrogens (tertiary/aromatic N) is 2. The summed E-state index contributed by atoms with van der Waals surface area (Å²) in [5.41, 5.74) is 0.884. The third-order valence-corrected chi connectivity index (χ3v) is 3.32. The summed E-state index contributed by atoms with van der Waals surface area (Å²) in [6.45, 7) is 2.72. The van der Waals surface area contributed by atoms with Crippen LogP contribution in [0, 0.1) is 0 Å². The number of fused-ring (bicyclic) bond motifs is 1. The summed E-state index contributed by atoms with van der Waals surface area (Å²) in [5.74, 6) is 1.96. The van der Waals surface area contributed by atoms with E-state index in [0.717, 1.165) is 11.3 Å². The van der Waals surface area contributed by atoms with Crippen LogP contribution in [-0.4, -0.2) is 24.2 Å². The number of hydrogen-bond acceptors (Lipinski definition) is 4. The fourth-order valence-electron chi connectivity index (χ4n) is 2.22. The number of likely N-dealkylation sites (N-methyl/N-ethyl adjacent to an activating group) is 1. The van der Waals surface area contributed by atoms with Crippen LogP contribution < -0.4 is 14.4 Å². The van der Waals surface area contributed by atoms with Gasteiger partial charge in [-0.15, -0.1) is 0 Å². The van der Waals surface area contributed by atoms with E-state index in [-0.39, 0.29) is 12.7 Å². The smallest absolute Gasteiger partial charge is 0.252 e. The van der Waals surface area contributed by atoms with E-state index in [1.165, 1.54) is 6.08 Å². The van der Waals surface area contributed by atoms with Crippen molar-refractivity contribution in [1.29, 1.82) is 0 Å². The molecule has 1 aliphatic rings. The number of benzene rings is 1. The summed E-state index contributed by atoms with van der Waals surface area (Å²) in [6.07, 6.45) is 4.97. The first kappa shape index (κ1) is 14.1. The Labute approximate surface area is 128 Å². The van der Waals surface area contributed by atoms with Crippen LogP contribution in [0.1, 0.15) is 12.5 Å². The first-order valence-electron chi connectivity index (χ1n) is 7.08. The lowest BCUT2D eigenvalue weighted by atomic mass is 10.2. The minimum absolute atomic E-state index is 0.112. The molecule has 1 aromatic carbocycles. The highest BCUT2D eigenvalue weighted by Gasteiger charge is 2.14. The molecule has 0 atom stereocenters. The molecule has 112 valence electrons. The molecule has 3 rings (SSSR count). The normalized spacial score (nSPS) is 12.6. The number of hydrogen-bond donors (Lipinski definition) is 0. The van der Waals surface area contributed by atoms with Gasteiger partial charge in [-0.1, -0.05) is 12.1 Å². The van der Waals surface area contributed by atoms with Gasteiger partial charge in [0.1, 0.15) is 5.82 Å². The maximum atomic E-state index is 12.3. The molecule has 5 heteroatoms. The van der Waals surface area contributed by atoms with Crippen molar-refractivity contribution in [1.82, 2.24) is 4.98 Å². The van der Waals surface area contributed by atoms with Gasteiger partial charge in [-0.3, -0.25) is 9.69 Å². The van der Waals surface area contributed by atoms with Crippen molar-refractivity contribution < 1.29 is 14.3 Å². The molecule has 2 heterocycles. The fourth-order valence-corrected chi connectivity index (χ4v) is 2.22. The van der Waals surface area contributed by atoms with Gasteiger partial charge in [0.15, 0.2) is 11.5 Å². The zero-order valence-electron chi connectivity index (χ0n) is 12.2. The molecule has 0 unspecified atom stereocenters. The Morgan fingerprint density at radius 3 is 2.91 bits per heavy atom. The second-order valence-corrected chi connectivity index (χ2v) is 4.72. The first-order valence-corrected chi connectivity index (χ1v) is 7.08. The zero-order valence-corrected chi connectivity index (χ0v) is 12.2. The molecule has 1 amide bonds. The van der Waals surface area contributed by atoms with Crippen molar-refractivity contribution in [3.05, 3.63) is 54.2 Å². The Morgan fingerprint density at radius 1 is 1.27 bits per heavy atom. The topological polar surface area (TPSA) is 51.7 Å². The highest BCUT2D eigenvalue weighted by atomic mass is 16.7. The summed E-state index contributed by atoms with van der Waals surface area (Å²) < 4.78 is 10.6. The van der Waals surface area contributed by atoms with Gasteiger partial charge in [0.25, 0.3) is 5.91 Å². The van der Waals surface area contributed by atoms with Crippen molar-refractivity contribution in [2.45, 2.75) is 6.92 Å². The third-order valence-electron chi connectivity index (χ3n) is 3.32. The van der Waals surface area contributed by atoms with Gasteiger partial charge in [0.05, 0.1) is 0 Å². The number of ether oxygens (including phenoxy) is 2. The maximum Gasteiger partial charge on any atom is 0.252 e. The standard InChI is InChI=1S/C17H16N2O3/c1-2-19(16-5-3-4-10-18-16)17(20)9-7-13-6-8-14-15(11-13)22-12-21-14/h3-11H,2,12H2,1H3/b9-7+. The summed E-state index contributed by atoms with van der Waals surface area (Å²) in [5, 5.41) is 0. The lowest BCUT2D eigenvalue weighted by Crippen LogP contribution is -2.29. The van der Waals surface area contributed by atoms with Crippen LogP contribution >= 0.6 is 0 Å². The summed E-state index contributed by atoms with van der Waals surface area (Å²) in [7, 11) is 0. The number of carbonyl (C=O) groups is 1. The van der Waals surface area contributed by atoms with E-state index in [2.05, 4.69) is 4.98 Å². The van der Waals surface area contributed by atoms with Gasteiger partial charge in [0, 0.05) is 18.8 Å². The number of rotatable bonds is 4. The van der Waals surface area contributed by atoms with Crippen molar-refractivity contribution >= 4 is 17.8 Å². The molecule has 1 aliphatic heterocycles. The predicted molar refractivity (Wildman–Crippen MR) is 83.9 cm³/mol. The molecule has 0 saturated carbocycles. The highest BCUT2D eigenvalue weighted by Crippen LogP contribution is 2.32. The van der Waals surface area contributed by atoms with Gasteiger partial charge in [-0.25, -0.2) is 4.98 Å². The maximum absolute atomic E-state index is 12.3. The van der Waals surface area contributed by atoms with Crippen molar-refractivity contribution in [2.75, 3.05) is 18.2 Å². The Hall–Kier alpha value is -2.82. The van der Waals surface area contributed by atoms with Crippen LogP contribution in [0.25, 0.3) is 6.08 Å². The number of carbonyl (C=O) groups excluding carboxylic acids is 1. The van der Waals surface area contributed by atoms with Crippen LogP contribution in [0.3, 0.4) is 0 Å². The van der Waals surface area contributed by atoms with Gasteiger partial charge < -0.3 is 9.47 Å². The lowest BCUT2D eigenvalue weighted by molar-refractivity contribution is -0.114. The highest BCUT2D eigenvalue weighted by molar-refractivity contribution is 6.03. The molecule has 0 saturated heterocycles. The minimum Gasteiger partial charge on any atom is -0.454 e. The molecular formula is C17H16N2O3. The molecule has 22 heavy (non-hydrogen) atoms. The van der Waals surface area contributed by atoms with Gasteiger partial charge in [0.2, 0.25) is 6.79 Å².